The Balaban J connectivity index is 2.79. The molecule has 1 unspecified atom stereocenters. The number of halogens is 6. The average Bonchev–Trinajstić information content (AvgIpc) is 2.38. The summed E-state index contributed by atoms with van der Waals surface area (Å²) in [5.74, 6) is -11.1. The van der Waals surface area contributed by atoms with Crippen LogP contribution in [0.5, 0.6) is 5.75 Å². The number of alkyl halides is 1. The van der Waals surface area contributed by atoms with Crippen LogP contribution in [0.2, 0.25) is 0 Å². The normalized spacial score (nSPS) is 12.6. The first-order chi connectivity index (χ1) is 8.90. The van der Waals surface area contributed by atoms with Crippen molar-refractivity contribution in [1.82, 2.24) is 0 Å². The first-order valence-corrected chi connectivity index (χ1v) is 6.72. The number of rotatable bonds is 6. The SMILES string of the molecule is CC(CCBr)CCOc1c(F)c(F)c(F)c(F)c1F. The molecule has 1 nitrogen and oxygen atoms in total. The predicted molar refractivity (Wildman–Crippen MR) is 63.9 cm³/mol. The number of benzene rings is 1. The van der Waals surface area contributed by atoms with Crippen LogP contribution in [0.25, 0.3) is 0 Å². The van der Waals surface area contributed by atoms with Crippen molar-refractivity contribution < 1.29 is 26.7 Å². The Morgan fingerprint density at radius 2 is 1.37 bits per heavy atom. The zero-order valence-electron chi connectivity index (χ0n) is 10.1. The summed E-state index contributed by atoms with van der Waals surface area (Å²) in [6.45, 7) is 1.77. The van der Waals surface area contributed by atoms with Gasteiger partial charge in [0, 0.05) is 5.33 Å². The van der Waals surface area contributed by atoms with Gasteiger partial charge in [-0.3, -0.25) is 0 Å². The maximum absolute atomic E-state index is 13.2. The van der Waals surface area contributed by atoms with E-state index in [1.807, 2.05) is 6.92 Å². The van der Waals surface area contributed by atoms with Crippen LogP contribution in [-0.4, -0.2) is 11.9 Å². The summed E-state index contributed by atoms with van der Waals surface area (Å²) in [5.41, 5.74) is 0. The largest absolute Gasteiger partial charge is 0.487 e. The van der Waals surface area contributed by atoms with Gasteiger partial charge in [0.2, 0.25) is 29.1 Å². The lowest BCUT2D eigenvalue weighted by Crippen LogP contribution is -2.10. The van der Waals surface area contributed by atoms with Crippen LogP contribution in [-0.2, 0) is 0 Å². The Hall–Kier alpha value is -0.850. The van der Waals surface area contributed by atoms with Crippen molar-refractivity contribution in [3.05, 3.63) is 29.1 Å². The minimum absolute atomic E-state index is 0.119. The summed E-state index contributed by atoms with van der Waals surface area (Å²) in [6, 6.07) is 0. The molecule has 0 aromatic heterocycles. The van der Waals surface area contributed by atoms with Gasteiger partial charge in [0.25, 0.3) is 0 Å². The molecule has 0 fully saturated rings. The van der Waals surface area contributed by atoms with Gasteiger partial charge in [-0.25, -0.2) is 13.2 Å². The molecule has 0 aliphatic carbocycles. The van der Waals surface area contributed by atoms with Crippen LogP contribution in [0.15, 0.2) is 0 Å². The highest BCUT2D eigenvalue weighted by Gasteiger charge is 2.26. The van der Waals surface area contributed by atoms with Gasteiger partial charge in [0.05, 0.1) is 6.61 Å². The van der Waals surface area contributed by atoms with Gasteiger partial charge in [0.1, 0.15) is 0 Å². The molecule has 1 aromatic rings. The van der Waals surface area contributed by atoms with E-state index in [-0.39, 0.29) is 12.5 Å². The van der Waals surface area contributed by atoms with E-state index in [0.29, 0.717) is 6.42 Å². The molecule has 0 spiro atoms. The van der Waals surface area contributed by atoms with Crippen molar-refractivity contribution in [1.29, 1.82) is 0 Å². The Labute approximate surface area is 115 Å². The maximum Gasteiger partial charge on any atom is 0.206 e. The number of ether oxygens (including phenoxy) is 1. The van der Waals surface area contributed by atoms with Gasteiger partial charge in [-0.05, 0) is 18.8 Å². The van der Waals surface area contributed by atoms with Gasteiger partial charge < -0.3 is 4.74 Å². The number of hydrogen-bond acceptors (Lipinski definition) is 1. The summed E-state index contributed by atoms with van der Waals surface area (Å²) in [7, 11) is 0. The van der Waals surface area contributed by atoms with Gasteiger partial charge >= 0.3 is 0 Å². The quantitative estimate of drug-likeness (QED) is 0.317. The highest BCUT2D eigenvalue weighted by atomic mass is 79.9. The molecule has 0 aliphatic rings. The van der Waals surface area contributed by atoms with E-state index in [4.69, 9.17) is 0 Å². The van der Waals surface area contributed by atoms with Crippen LogP contribution in [0, 0.1) is 35.0 Å². The lowest BCUT2D eigenvalue weighted by molar-refractivity contribution is 0.242. The molecule has 0 amide bonds. The molecular weight excluding hydrogens is 335 g/mol. The zero-order chi connectivity index (χ0) is 14.6. The molecular formula is C12H12BrF5O. The van der Waals surface area contributed by atoms with Crippen molar-refractivity contribution in [2.75, 3.05) is 11.9 Å². The maximum atomic E-state index is 13.2. The molecule has 19 heavy (non-hydrogen) atoms. The molecule has 1 aromatic carbocycles. The second-order valence-electron chi connectivity index (χ2n) is 4.12. The van der Waals surface area contributed by atoms with E-state index < -0.39 is 34.8 Å². The lowest BCUT2D eigenvalue weighted by Gasteiger charge is -2.12. The molecule has 1 atom stereocenters. The van der Waals surface area contributed by atoms with Crippen molar-refractivity contribution in [3.8, 4) is 5.75 Å². The van der Waals surface area contributed by atoms with Crippen LogP contribution >= 0.6 is 15.9 Å². The third-order valence-corrected chi connectivity index (χ3v) is 3.09. The average molecular weight is 347 g/mol. The van der Waals surface area contributed by atoms with Crippen molar-refractivity contribution in [3.63, 3.8) is 0 Å². The fraction of sp³-hybridized carbons (Fsp3) is 0.500. The summed E-state index contributed by atoms with van der Waals surface area (Å²) >= 11 is 3.24. The van der Waals surface area contributed by atoms with Gasteiger partial charge in [0.15, 0.2) is 5.75 Å². The smallest absolute Gasteiger partial charge is 0.206 e. The Morgan fingerprint density at radius 1 is 0.895 bits per heavy atom. The third kappa shape index (κ3) is 3.81. The van der Waals surface area contributed by atoms with E-state index in [0.717, 1.165) is 11.8 Å². The number of hydrogen-bond donors (Lipinski definition) is 0. The second-order valence-corrected chi connectivity index (χ2v) is 4.91. The fourth-order valence-corrected chi connectivity index (χ4v) is 2.19. The van der Waals surface area contributed by atoms with Crippen LogP contribution < -0.4 is 4.74 Å². The third-order valence-electron chi connectivity index (χ3n) is 2.63. The van der Waals surface area contributed by atoms with Crippen LogP contribution in [0.3, 0.4) is 0 Å². The minimum Gasteiger partial charge on any atom is -0.487 e. The molecule has 7 heteroatoms. The van der Waals surface area contributed by atoms with Gasteiger partial charge in [-0.1, -0.05) is 22.9 Å². The highest BCUT2D eigenvalue weighted by Crippen LogP contribution is 2.29. The van der Waals surface area contributed by atoms with Gasteiger partial charge in [-0.15, -0.1) is 0 Å². The van der Waals surface area contributed by atoms with Crippen molar-refractivity contribution in [2.45, 2.75) is 19.8 Å². The van der Waals surface area contributed by atoms with E-state index in [2.05, 4.69) is 20.7 Å². The summed E-state index contributed by atoms with van der Waals surface area (Å²) < 4.78 is 69.6. The Bertz CT molecular complexity index is 423. The molecule has 0 radical (unpaired) electrons. The van der Waals surface area contributed by atoms with Crippen LogP contribution in [0.4, 0.5) is 22.0 Å². The predicted octanol–water partition coefficient (Wildman–Crippen LogP) is 4.57. The summed E-state index contributed by atoms with van der Waals surface area (Å²) in [6.07, 6.45) is 1.27. The molecule has 0 N–H and O–H groups in total. The molecule has 0 saturated carbocycles. The van der Waals surface area contributed by atoms with E-state index in [9.17, 15) is 22.0 Å². The summed E-state index contributed by atoms with van der Waals surface area (Å²) in [5, 5.41) is 0.761. The van der Waals surface area contributed by atoms with Crippen molar-refractivity contribution >= 4 is 15.9 Å². The molecule has 108 valence electrons. The Kier molecular flexibility index (Phi) is 6.03. The van der Waals surface area contributed by atoms with E-state index in [1.165, 1.54) is 0 Å². The zero-order valence-corrected chi connectivity index (χ0v) is 11.7. The topological polar surface area (TPSA) is 9.23 Å². The fourth-order valence-electron chi connectivity index (χ4n) is 1.40. The van der Waals surface area contributed by atoms with E-state index >= 15 is 0 Å². The monoisotopic (exact) mass is 346 g/mol. The first-order valence-electron chi connectivity index (χ1n) is 5.60. The minimum atomic E-state index is -2.19. The first kappa shape index (κ1) is 16.2. The van der Waals surface area contributed by atoms with Crippen LogP contribution in [0.1, 0.15) is 19.8 Å². The van der Waals surface area contributed by atoms with Gasteiger partial charge in [-0.2, -0.15) is 8.78 Å². The van der Waals surface area contributed by atoms with Crippen molar-refractivity contribution in [2.24, 2.45) is 5.92 Å². The summed E-state index contributed by atoms with van der Waals surface area (Å²) in [4.78, 5) is 0. The lowest BCUT2D eigenvalue weighted by atomic mass is 10.1. The second kappa shape index (κ2) is 7.07. The standard InChI is InChI=1S/C12H12BrF5O/c1-6(2-4-13)3-5-19-12-10(17)8(15)7(14)9(16)11(12)18/h6H,2-5H2,1H3. The highest BCUT2D eigenvalue weighted by molar-refractivity contribution is 9.09. The molecule has 1 rings (SSSR count). The molecule has 0 aliphatic heterocycles. The molecule has 0 heterocycles. The molecule has 0 saturated heterocycles. The van der Waals surface area contributed by atoms with E-state index in [1.54, 1.807) is 0 Å². The Morgan fingerprint density at radius 3 is 1.84 bits per heavy atom. The molecule has 0 bridgehead atoms.